The number of rotatable bonds is 4. The molecular formula is C10H15F4N3O2. The van der Waals surface area contributed by atoms with E-state index in [1.165, 1.54) is 0 Å². The first-order chi connectivity index (χ1) is 8.75. The highest BCUT2D eigenvalue weighted by Gasteiger charge is 2.51. The molecule has 1 atom stereocenters. The molecule has 3 amide bonds. The van der Waals surface area contributed by atoms with Crippen molar-refractivity contribution in [2.45, 2.75) is 25.2 Å². The lowest BCUT2D eigenvalue weighted by Gasteiger charge is -2.34. The molecule has 1 rings (SSSR count). The van der Waals surface area contributed by atoms with Gasteiger partial charge in [-0.3, -0.25) is 4.79 Å². The zero-order valence-electron chi connectivity index (χ0n) is 10.0. The second-order valence-electron chi connectivity index (χ2n) is 4.43. The van der Waals surface area contributed by atoms with Gasteiger partial charge in [0.25, 0.3) is 5.91 Å². The van der Waals surface area contributed by atoms with E-state index in [4.69, 9.17) is 5.73 Å². The third-order valence-corrected chi connectivity index (χ3v) is 2.93. The van der Waals surface area contributed by atoms with Gasteiger partial charge in [-0.2, -0.15) is 8.78 Å². The summed E-state index contributed by atoms with van der Waals surface area (Å²) in [5, 5.41) is 2.30. The number of carbonyl (C=O) groups is 2. The van der Waals surface area contributed by atoms with Gasteiger partial charge in [0, 0.05) is 19.6 Å². The van der Waals surface area contributed by atoms with Crippen molar-refractivity contribution in [1.82, 2.24) is 10.2 Å². The van der Waals surface area contributed by atoms with Crippen LogP contribution in [0.1, 0.15) is 12.8 Å². The van der Waals surface area contributed by atoms with E-state index >= 15 is 0 Å². The molecule has 0 aliphatic carbocycles. The first-order valence-electron chi connectivity index (χ1n) is 5.73. The monoisotopic (exact) mass is 285 g/mol. The minimum absolute atomic E-state index is 0.00815. The number of likely N-dealkylation sites (tertiary alicyclic amines) is 1. The van der Waals surface area contributed by atoms with E-state index in [1.807, 2.05) is 0 Å². The van der Waals surface area contributed by atoms with Crippen molar-refractivity contribution in [3.05, 3.63) is 0 Å². The molecule has 1 unspecified atom stereocenters. The standard InChI is InChI=1S/C10H15F4N3O2/c11-7(12)10(13,14)8(18)17-3-1-2-6(5-17)4-16-9(15)19/h6-7H,1-5H2,(H3,15,16,19). The number of nitrogens with one attached hydrogen (secondary N) is 1. The Morgan fingerprint density at radius 2 is 2.05 bits per heavy atom. The maximum absolute atomic E-state index is 12.9. The molecule has 0 saturated carbocycles. The average molecular weight is 285 g/mol. The molecule has 0 radical (unpaired) electrons. The van der Waals surface area contributed by atoms with Gasteiger partial charge < -0.3 is 16.0 Å². The molecular weight excluding hydrogens is 270 g/mol. The molecule has 1 fully saturated rings. The van der Waals surface area contributed by atoms with Crippen molar-refractivity contribution in [3.8, 4) is 0 Å². The Kier molecular flexibility index (Phi) is 4.96. The quantitative estimate of drug-likeness (QED) is 0.749. The van der Waals surface area contributed by atoms with Gasteiger partial charge in [-0.1, -0.05) is 0 Å². The maximum Gasteiger partial charge on any atom is 0.383 e. The Hall–Kier alpha value is -1.54. The third-order valence-electron chi connectivity index (χ3n) is 2.93. The minimum Gasteiger partial charge on any atom is -0.352 e. The molecule has 1 aliphatic heterocycles. The molecule has 9 heteroatoms. The number of nitrogens with zero attached hydrogens (tertiary/aromatic N) is 1. The number of halogens is 4. The minimum atomic E-state index is -4.67. The van der Waals surface area contributed by atoms with Crippen LogP contribution in [0.4, 0.5) is 22.4 Å². The van der Waals surface area contributed by atoms with Crippen LogP contribution in [0.3, 0.4) is 0 Å². The maximum atomic E-state index is 12.9. The molecule has 1 heterocycles. The highest BCUT2D eigenvalue weighted by molar-refractivity contribution is 5.84. The van der Waals surface area contributed by atoms with E-state index in [1.54, 1.807) is 0 Å². The fourth-order valence-corrected chi connectivity index (χ4v) is 1.97. The molecule has 5 nitrogen and oxygen atoms in total. The zero-order chi connectivity index (χ0) is 14.6. The fraction of sp³-hybridized carbons (Fsp3) is 0.800. The molecule has 110 valence electrons. The fourth-order valence-electron chi connectivity index (χ4n) is 1.97. The summed E-state index contributed by atoms with van der Waals surface area (Å²) in [6.45, 7) is 0.0367. The molecule has 0 aromatic carbocycles. The van der Waals surface area contributed by atoms with E-state index in [-0.39, 0.29) is 25.6 Å². The molecule has 0 aromatic heterocycles. The number of hydrogen-bond donors (Lipinski definition) is 2. The van der Waals surface area contributed by atoms with E-state index in [0.717, 1.165) is 0 Å². The van der Waals surface area contributed by atoms with Crippen LogP contribution in [0, 0.1) is 5.92 Å². The number of carbonyl (C=O) groups excluding carboxylic acids is 2. The largest absolute Gasteiger partial charge is 0.383 e. The van der Waals surface area contributed by atoms with Crippen LogP contribution in [-0.4, -0.2) is 48.8 Å². The number of piperidine rings is 1. The topological polar surface area (TPSA) is 75.4 Å². The predicted octanol–water partition coefficient (Wildman–Crippen LogP) is 0.794. The second-order valence-corrected chi connectivity index (χ2v) is 4.43. The molecule has 0 aromatic rings. The van der Waals surface area contributed by atoms with Crippen molar-refractivity contribution >= 4 is 11.9 Å². The molecule has 1 saturated heterocycles. The molecule has 0 spiro atoms. The van der Waals surface area contributed by atoms with E-state index in [9.17, 15) is 27.2 Å². The summed E-state index contributed by atoms with van der Waals surface area (Å²) in [5.74, 6) is -6.80. The first-order valence-corrected chi connectivity index (χ1v) is 5.73. The van der Waals surface area contributed by atoms with Crippen LogP contribution in [0.2, 0.25) is 0 Å². The second kappa shape index (κ2) is 6.07. The summed E-state index contributed by atoms with van der Waals surface area (Å²) in [7, 11) is 0. The van der Waals surface area contributed by atoms with Gasteiger partial charge in [0.1, 0.15) is 0 Å². The van der Waals surface area contributed by atoms with E-state index in [2.05, 4.69) is 5.32 Å². The van der Waals surface area contributed by atoms with Gasteiger partial charge in [0.15, 0.2) is 0 Å². The normalized spacial score (nSPS) is 20.5. The Morgan fingerprint density at radius 3 is 2.58 bits per heavy atom. The van der Waals surface area contributed by atoms with E-state index in [0.29, 0.717) is 17.7 Å². The summed E-state index contributed by atoms with van der Waals surface area (Å²) >= 11 is 0. The molecule has 0 bridgehead atoms. The summed E-state index contributed by atoms with van der Waals surface area (Å²) in [6, 6.07) is -0.763. The number of hydrogen-bond acceptors (Lipinski definition) is 2. The van der Waals surface area contributed by atoms with Crippen molar-refractivity contribution < 1.29 is 27.2 Å². The van der Waals surface area contributed by atoms with Crippen molar-refractivity contribution in [2.75, 3.05) is 19.6 Å². The lowest BCUT2D eigenvalue weighted by Crippen LogP contribution is -2.52. The first kappa shape index (κ1) is 15.5. The van der Waals surface area contributed by atoms with Crippen LogP contribution < -0.4 is 11.1 Å². The highest BCUT2D eigenvalue weighted by atomic mass is 19.3. The Bertz CT molecular complexity index is 352. The zero-order valence-corrected chi connectivity index (χ0v) is 10.0. The van der Waals surface area contributed by atoms with Crippen LogP contribution in [-0.2, 0) is 4.79 Å². The SMILES string of the molecule is NC(=O)NCC1CCCN(C(=O)C(F)(F)C(F)F)C1. The number of amides is 3. The average Bonchev–Trinajstić information content (AvgIpc) is 2.35. The van der Waals surface area contributed by atoms with Gasteiger partial charge in [0.2, 0.25) is 0 Å². The third kappa shape index (κ3) is 3.97. The molecule has 19 heavy (non-hydrogen) atoms. The number of urea groups is 1. The number of primary amides is 1. The Labute approximate surface area is 107 Å². The van der Waals surface area contributed by atoms with Crippen LogP contribution in [0.5, 0.6) is 0 Å². The smallest absolute Gasteiger partial charge is 0.352 e. The Morgan fingerprint density at radius 1 is 1.42 bits per heavy atom. The van der Waals surface area contributed by atoms with Gasteiger partial charge in [-0.05, 0) is 18.8 Å². The number of alkyl halides is 4. The van der Waals surface area contributed by atoms with Crippen molar-refractivity contribution in [3.63, 3.8) is 0 Å². The van der Waals surface area contributed by atoms with E-state index < -0.39 is 24.3 Å². The van der Waals surface area contributed by atoms with Crippen LogP contribution in [0.15, 0.2) is 0 Å². The van der Waals surface area contributed by atoms with Gasteiger partial charge in [-0.25, -0.2) is 13.6 Å². The van der Waals surface area contributed by atoms with Gasteiger partial charge >= 0.3 is 18.4 Å². The molecule has 1 aliphatic rings. The molecule has 3 N–H and O–H groups in total. The lowest BCUT2D eigenvalue weighted by atomic mass is 9.97. The Balaban J connectivity index is 2.59. The van der Waals surface area contributed by atoms with Crippen LogP contribution in [0.25, 0.3) is 0 Å². The van der Waals surface area contributed by atoms with Gasteiger partial charge in [-0.15, -0.1) is 0 Å². The summed E-state index contributed by atoms with van der Waals surface area (Å²) in [4.78, 5) is 22.6. The summed E-state index contributed by atoms with van der Waals surface area (Å²) in [5.41, 5.74) is 4.86. The predicted molar refractivity (Wildman–Crippen MR) is 57.8 cm³/mol. The lowest BCUT2D eigenvalue weighted by molar-refractivity contribution is -0.182. The van der Waals surface area contributed by atoms with Gasteiger partial charge in [0.05, 0.1) is 0 Å². The van der Waals surface area contributed by atoms with Crippen LogP contribution >= 0.6 is 0 Å². The van der Waals surface area contributed by atoms with Crippen molar-refractivity contribution in [2.24, 2.45) is 11.7 Å². The highest BCUT2D eigenvalue weighted by Crippen LogP contribution is 2.27. The summed E-state index contributed by atoms with van der Waals surface area (Å²) in [6.07, 6.45) is -3.01. The van der Waals surface area contributed by atoms with Crippen molar-refractivity contribution in [1.29, 1.82) is 0 Å². The summed E-state index contributed by atoms with van der Waals surface area (Å²) < 4.78 is 50.1. The number of nitrogens with two attached hydrogens (primary N) is 1.